The SMILES string of the molecule is CNC(Cc1cccc(C(F)(F)F)c1)C(C)C(C)C. The summed E-state index contributed by atoms with van der Waals surface area (Å²) in [7, 11) is 1.86. The first-order valence-electron chi connectivity index (χ1n) is 6.59. The zero-order valence-electron chi connectivity index (χ0n) is 11.9. The van der Waals surface area contributed by atoms with Crippen molar-refractivity contribution < 1.29 is 13.2 Å². The number of hydrogen-bond acceptors (Lipinski definition) is 1. The molecular weight excluding hydrogens is 251 g/mol. The minimum absolute atomic E-state index is 0.184. The molecule has 1 N–H and O–H groups in total. The summed E-state index contributed by atoms with van der Waals surface area (Å²) in [5.41, 5.74) is 0.152. The van der Waals surface area contributed by atoms with Gasteiger partial charge in [-0.3, -0.25) is 0 Å². The predicted molar refractivity (Wildman–Crippen MR) is 72.0 cm³/mol. The molecule has 1 rings (SSSR count). The standard InChI is InChI=1S/C15H22F3N/c1-10(2)11(3)14(19-4)9-12-6-5-7-13(8-12)15(16,17)18/h5-8,10-11,14,19H,9H2,1-4H3. The molecule has 0 aliphatic rings. The smallest absolute Gasteiger partial charge is 0.316 e. The predicted octanol–water partition coefficient (Wildman–Crippen LogP) is 4.13. The lowest BCUT2D eigenvalue weighted by atomic mass is 9.86. The Kier molecular flexibility index (Phi) is 5.41. The Balaban J connectivity index is 2.86. The van der Waals surface area contributed by atoms with Crippen LogP contribution in [0, 0.1) is 11.8 Å². The fourth-order valence-electron chi connectivity index (χ4n) is 2.14. The third-order valence-corrected chi connectivity index (χ3v) is 3.77. The Hall–Kier alpha value is -1.03. The van der Waals surface area contributed by atoms with Gasteiger partial charge >= 0.3 is 6.18 Å². The maximum atomic E-state index is 12.7. The van der Waals surface area contributed by atoms with Gasteiger partial charge in [-0.15, -0.1) is 0 Å². The van der Waals surface area contributed by atoms with E-state index in [0.717, 1.165) is 11.6 Å². The molecule has 0 saturated heterocycles. The summed E-state index contributed by atoms with van der Waals surface area (Å²) in [6.45, 7) is 6.38. The van der Waals surface area contributed by atoms with E-state index in [2.05, 4.69) is 26.1 Å². The van der Waals surface area contributed by atoms with E-state index in [-0.39, 0.29) is 6.04 Å². The fourth-order valence-corrected chi connectivity index (χ4v) is 2.14. The summed E-state index contributed by atoms with van der Waals surface area (Å²) in [5, 5.41) is 3.21. The first-order chi connectivity index (χ1) is 8.75. The van der Waals surface area contributed by atoms with Gasteiger partial charge in [0.15, 0.2) is 0 Å². The highest BCUT2D eigenvalue weighted by Crippen LogP contribution is 2.30. The van der Waals surface area contributed by atoms with E-state index >= 15 is 0 Å². The zero-order valence-corrected chi connectivity index (χ0v) is 11.9. The lowest BCUT2D eigenvalue weighted by molar-refractivity contribution is -0.137. The normalized spacial score (nSPS) is 15.6. The summed E-state index contributed by atoms with van der Waals surface area (Å²) in [5.74, 6) is 0.891. The summed E-state index contributed by atoms with van der Waals surface area (Å²) in [6.07, 6.45) is -3.66. The maximum absolute atomic E-state index is 12.7. The molecule has 0 saturated carbocycles. The van der Waals surface area contributed by atoms with Crippen LogP contribution in [0.15, 0.2) is 24.3 Å². The Labute approximate surface area is 113 Å². The first kappa shape index (κ1) is 16.0. The molecule has 108 valence electrons. The minimum atomic E-state index is -4.27. The highest BCUT2D eigenvalue weighted by atomic mass is 19.4. The Morgan fingerprint density at radius 1 is 1.16 bits per heavy atom. The molecule has 0 bridgehead atoms. The molecule has 0 aliphatic carbocycles. The second-order valence-corrected chi connectivity index (χ2v) is 5.40. The van der Waals surface area contributed by atoms with Gasteiger partial charge < -0.3 is 5.32 Å². The molecule has 0 fully saturated rings. The summed E-state index contributed by atoms with van der Waals surface area (Å²) >= 11 is 0. The second-order valence-electron chi connectivity index (χ2n) is 5.40. The van der Waals surface area contributed by atoms with Gasteiger partial charge in [-0.05, 0) is 36.9 Å². The van der Waals surface area contributed by atoms with Crippen molar-refractivity contribution in [3.63, 3.8) is 0 Å². The molecule has 0 spiro atoms. The van der Waals surface area contributed by atoms with Gasteiger partial charge in [-0.25, -0.2) is 0 Å². The molecule has 2 unspecified atom stereocenters. The Bertz CT molecular complexity index is 399. The van der Waals surface area contributed by atoms with Crippen LogP contribution in [-0.2, 0) is 12.6 Å². The molecule has 19 heavy (non-hydrogen) atoms. The first-order valence-corrected chi connectivity index (χ1v) is 6.59. The largest absolute Gasteiger partial charge is 0.416 e. The monoisotopic (exact) mass is 273 g/mol. The summed E-state index contributed by atoms with van der Waals surface area (Å²) < 4.78 is 38.0. The quantitative estimate of drug-likeness (QED) is 0.850. The van der Waals surface area contributed by atoms with Crippen LogP contribution >= 0.6 is 0 Å². The van der Waals surface area contributed by atoms with Crippen molar-refractivity contribution in [2.45, 2.75) is 39.4 Å². The van der Waals surface area contributed by atoms with Crippen LogP contribution in [0.1, 0.15) is 31.9 Å². The molecule has 0 heterocycles. The average molecular weight is 273 g/mol. The summed E-state index contributed by atoms with van der Waals surface area (Å²) in [6, 6.07) is 5.78. The van der Waals surface area contributed by atoms with E-state index in [1.54, 1.807) is 6.07 Å². The van der Waals surface area contributed by atoms with Crippen molar-refractivity contribution in [1.29, 1.82) is 0 Å². The molecule has 1 aromatic rings. The Morgan fingerprint density at radius 3 is 2.26 bits per heavy atom. The van der Waals surface area contributed by atoms with Crippen LogP contribution in [-0.4, -0.2) is 13.1 Å². The number of alkyl halides is 3. The van der Waals surface area contributed by atoms with E-state index < -0.39 is 11.7 Å². The number of hydrogen-bond donors (Lipinski definition) is 1. The van der Waals surface area contributed by atoms with Crippen molar-refractivity contribution in [3.05, 3.63) is 35.4 Å². The van der Waals surface area contributed by atoms with Crippen LogP contribution in [0.2, 0.25) is 0 Å². The topological polar surface area (TPSA) is 12.0 Å². The number of likely N-dealkylation sites (N-methyl/N-ethyl adjacent to an activating group) is 1. The fraction of sp³-hybridized carbons (Fsp3) is 0.600. The Morgan fingerprint density at radius 2 is 1.79 bits per heavy atom. The van der Waals surface area contributed by atoms with Crippen LogP contribution in [0.5, 0.6) is 0 Å². The van der Waals surface area contributed by atoms with Crippen molar-refractivity contribution in [2.24, 2.45) is 11.8 Å². The lowest BCUT2D eigenvalue weighted by Gasteiger charge is -2.27. The second kappa shape index (κ2) is 6.42. The molecule has 0 radical (unpaired) electrons. The number of rotatable bonds is 5. The lowest BCUT2D eigenvalue weighted by Crippen LogP contribution is -2.36. The van der Waals surface area contributed by atoms with E-state index in [9.17, 15) is 13.2 Å². The molecule has 0 amide bonds. The van der Waals surface area contributed by atoms with Gasteiger partial charge in [0, 0.05) is 6.04 Å². The molecule has 4 heteroatoms. The van der Waals surface area contributed by atoms with E-state index in [1.165, 1.54) is 12.1 Å². The van der Waals surface area contributed by atoms with Crippen molar-refractivity contribution in [2.75, 3.05) is 7.05 Å². The van der Waals surface area contributed by atoms with Gasteiger partial charge in [0.2, 0.25) is 0 Å². The average Bonchev–Trinajstić information content (AvgIpc) is 2.34. The van der Waals surface area contributed by atoms with Gasteiger partial charge in [0.1, 0.15) is 0 Å². The zero-order chi connectivity index (χ0) is 14.6. The van der Waals surface area contributed by atoms with Crippen molar-refractivity contribution in [3.8, 4) is 0 Å². The van der Waals surface area contributed by atoms with E-state index in [1.807, 2.05) is 7.05 Å². The summed E-state index contributed by atoms with van der Waals surface area (Å²) in [4.78, 5) is 0. The van der Waals surface area contributed by atoms with Gasteiger partial charge in [-0.1, -0.05) is 39.0 Å². The van der Waals surface area contributed by atoms with Crippen molar-refractivity contribution in [1.82, 2.24) is 5.32 Å². The molecule has 1 nitrogen and oxygen atoms in total. The molecule has 0 aromatic heterocycles. The van der Waals surface area contributed by atoms with Gasteiger partial charge in [0.25, 0.3) is 0 Å². The van der Waals surface area contributed by atoms with Crippen LogP contribution in [0.3, 0.4) is 0 Å². The van der Waals surface area contributed by atoms with E-state index in [4.69, 9.17) is 0 Å². The van der Waals surface area contributed by atoms with Crippen LogP contribution < -0.4 is 5.32 Å². The molecule has 2 atom stereocenters. The van der Waals surface area contributed by atoms with Gasteiger partial charge in [0.05, 0.1) is 5.56 Å². The third kappa shape index (κ3) is 4.53. The van der Waals surface area contributed by atoms with Crippen LogP contribution in [0.4, 0.5) is 13.2 Å². The minimum Gasteiger partial charge on any atom is -0.316 e. The number of halogens is 3. The molecule has 1 aromatic carbocycles. The molecule has 0 aliphatic heterocycles. The highest BCUT2D eigenvalue weighted by molar-refractivity contribution is 5.26. The maximum Gasteiger partial charge on any atom is 0.416 e. The van der Waals surface area contributed by atoms with E-state index in [0.29, 0.717) is 18.3 Å². The highest BCUT2D eigenvalue weighted by Gasteiger charge is 2.30. The molecular formula is C15H22F3N. The number of nitrogens with one attached hydrogen (secondary N) is 1. The van der Waals surface area contributed by atoms with Crippen molar-refractivity contribution >= 4 is 0 Å². The number of benzene rings is 1. The third-order valence-electron chi connectivity index (χ3n) is 3.77. The van der Waals surface area contributed by atoms with Gasteiger partial charge in [-0.2, -0.15) is 13.2 Å². The van der Waals surface area contributed by atoms with Crippen LogP contribution in [0.25, 0.3) is 0 Å².